The fourth-order valence-electron chi connectivity index (χ4n) is 1.65. The number of nitrogens with two attached hydrogens (primary N) is 1. The van der Waals surface area contributed by atoms with Gasteiger partial charge in [0.15, 0.2) is 5.78 Å². The monoisotopic (exact) mass is 301 g/mol. The molecule has 0 aliphatic rings. The van der Waals surface area contributed by atoms with Gasteiger partial charge in [0.1, 0.15) is 5.69 Å². The highest BCUT2D eigenvalue weighted by molar-refractivity contribution is 9.10. The molecule has 1 aromatic rings. The number of hydrogen-bond acceptors (Lipinski definition) is 3. The zero-order chi connectivity index (χ0) is 13.1. The molecule has 96 valence electrons. The Kier molecular flexibility index (Phi) is 4.89. The highest BCUT2D eigenvalue weighted by Gasteiger charge is 2.34. The molecule has 4 nitrogen and oxygen atoms in total. The van der Waals surface area contributed by atoms with Crippen LogP contribution in [0.5, 0.6) is 0 Å². The van der Waals surface area contributed by atoms with Gasteiger partial charge in [-0.2, -0.15) is 5.10 Å². The van der Waals surface area contributed by atoms with E-state index in [1.54, 1.807) is 10.9 Å². The lowest BCUT2D eigenvalue weighted by atomic mass is 9.81. The Morgan fingerprint density at radius 1 is 1.59 bits per heavy atom. The van der Waals surface area contributed by atoms with Crippen molar-refractivity contribution in [2.75, 3.05) is 6.54 Å². The fourth-order valence-corrected chi connectivity index (χ4v) is 2.13. The van der Waals surface area contributed by atoms with Crippen LogP contribution in [-0.4, -0.2) is 22.1 Å². The standard InChI is InChI=1S/C12H20BrN3O/c1-4-6-16-10(9(13)7-15-16)11(17)12(3,5-2)8-14/h7H,4-6,8,14H2,1-3H3. The molecule has 0 aromatic carbocycles. The summed E-state index contributed by atoms with van der Waals surface area (Å²) in [5.74, 6) is 0.0697. The van der Waals surface area contributed by atoms with Crippen LogP contribution in [-0.2, 0) is 6.54 Å². The van der Waals surface area contributed by atoms with Crippen LogP contribution in [0.2, 0.25) is 0 Å². The first-order valence-electron chi connectivity index (χ1n) is 5.96. The van der Waals surface area contributed by atoms with Gasteiger partial charge in [0.25, 0.3) is 0 Å². The Hall–Kier alpha value is -0.680. The maximum Gasteiger partial charge on any atom is 0.189 e. The van der Waals surface area contributed by atoms with Crippen LogP contribution >= 0.6 is 15.9 Å². The Morgan fingerprint density at radius 2 is 2.24 bits per heavy atom. The first kappa shape index (κ1) is 14.4. The minimum Gasteiger partial charge on any atom is -0.329 e. The molecule has 0 amide bonds. The van der Waals surface area contributed by atoms with Gasteiger partial charge in [0.2, 0.25) is 0 Å². The van der Waals surface area contributed by atoms with Crippen molar-refractivity contribution in [1.29, 1.82) is 0 Å². The summed E-state index contributed by atoms with van der Waals surface area (Å²) in [6.45, 7) is 7.05. The number of Topliss-reactive ketones (excluding diaryl/α,β-unsaturated/α-hetero) is 1. The van der Waals surface area contributed by atoms with E-state index in [4.69, 9.17) is 5.73 Å². The van der Waals surface area contributed by atoms with Crippen molar-refractivity contribution in [1.82, 2.24) is 9.78 Å². The molecule has 0 saturated heterocycles. The van der Waals surface area contributed by atoms with Gasteiger partial charge >= 0.3 is 0 Å². The molecule has 1 heterocycles. The van der Waals surface area contributed by atoms with E-state index < -0.39 is 5.41 Å². The van der Waals surface area contributed by atoms with E-state index in [1.165, 1.54) is 0 Å². The molecule has 1 atom stereocenters. The normalized spacial score (nSPS) is 14.6. The number of rotatable bonds is 6. The van der Waals surface area contributed by atoms with Crippen molar-refractivity contribution in [3.63, 3.8) is 0 Å². The predicted octanol–water partition coefficient (Wildman–Crippen LogP) is 2.61. The van der Waals surface area contributed by atoms with Crippen molar-refractivity contribution in [3.05, 3.63) is 16.4 Å². The highest BCUT2D eigenvalue weighted by atomic mass is 79.9. The average Bonchev–Trinajstić information content (AvgIpc) is 2.69. The molecule has 0 radical (unpaired) electrons. The smallest absolute Gasteiger partial charge is 0.189 e. The summed E-state index contributed by atoms with van der Waals surface area (Å²) in [6, 6.07) is 0. The molecular weight excluding hydrogens is 282 g/mol. The fraction of sp³-hybridized carbons (Fsp3) is 0.667. The molecule has 17 heavy (non-hydrogen) atoms. The lowest BCUT2D eigenvalue weighted by molar-refractivity contribution is 0.0807. The van der Waals surface area contributed by atoms with Crippen LogP contribution in [0, 0.1) is 5.41 Å². The average molecular weight is 302 g/mol. The Labute approximate surface area is 111 Å². The zero-order valence-corrected chi connectivity index (χ0v) is 12.2. The summed E-state index contributed by atoms with van der Waals surface area (Å²) < 4.78 is 2.51. The van der Waals surface area contributed by atoms with Crippen LogP contribution in [0.15, 0.2) is 10.7 Å². The molecule has 1 aromatic heterocycles. The number of ketones is 1. The molecule has 0 spiro atoms. The van der Waals surface area contributed by atoms with Crippen LogP contribution < -0.4 is 5.73 Å². The van der Waals surface area contributed by atoms with Crippen molar-refractivity contribution in [3.8, 4) is 0 Å². The van der Waals surface area contributed by atoms with Crippen molar-refractivity contribution < 1.29 is 4.79 Å². The summed E-state index contributed by atoms with van der Waals surface area (Å²) in [4.78, 5) is 12.5. The quantitative estimate of drug-likeness (QED) is 0.822. The lowest BCUT2D eigenvalue weighted by Crippen LogP contribution is -2.36. The van der Waals surface area contributed by atoms with Gasteiger partial charge in [0.05, 0.1) is 10.7 Å². The summed E-state index contributed by atoms with van der Waals surface area (Å²) in [7, 11) is 0. The van der Waals surface area contributed by atoms with E-state index >= 15 is 0 Å². The third kappa shape index (κ3) is 2.77. The predicted molar refractivity (Wildman–Crippen MR) is 72.0 cm³/mol. The summed E-state index contributed by atoms with van der Waals surface area (Å²) in [6.07, 6.45) is 3.35. The highest BCUT2D eigenvalue weighted by Crippen LogP contribution is 2.29. The third-order valence-electron chi connectivity index (χ3n) is 3.22. The van der Waals surface area contributed by atoms with Gasteiger partial charge in [-0.3, -0.25) is 9.48 Å². The number of aryl methyl sites for hydroxylation is 1. The van der Waals surface area contributed by atoms with Gasteiger partial charge in [-0.15, -0.1) is 0 Å². The summed E-state index contributed by atoms with van der Waals surface area (Å²) in [5, 5.41) is 4.22. The maximum absolute atomic E-state index is 12.5. The third-order valence-corrected chi connectivity index (χ3v) is 3.80. The Bertz CT molecular complexity index is 396. The summed E-state index contributed by atoms with van der Waals surface area (Å²) in [5.41, 5.74) is 5.87. The number of nitrogens with zero attached hydrogens (tertiary/aromatic N) is 2. The van der Waals surface area contributed by atoms with Gasteiger partial charge in [-0.05, 0) is 28.8 Å². The molecular formula is C12H20BrN3O. The molecule has 1 rings (SSSR count). The van der Waals surface area contributed by atoms with E-state index in [9.17, 15) is 4.79 Å². The van der Waals surface area contributed by atoms with E-state index in [2.05, 4.69) is 28.0 Å². The van der Waals surface area contributed by atoms with Crippen LogP contribution in [0.4, 0.5) is 0 Å². The molecule has 0 saturated carbocycles. The molecule has 0 aliphatic carbocycles. The van der Waals surface area contributed by atoms with Crippen LogP contribution in [0.25, 0.3) is 0 Å². The van der Waals surface area contributed by atoms with Gasteiger partial charge < -0.3 is 5.73 Å². The van der Waals surface area contributed by atoms with Crippen molar-refractivity contribution in [2.45, 2.75) is 40.2 Å². The minimum atomic E-state index is -0.506. The Balaban J connectivity index is 3.15. The van der Waals surface area contributed by atoms with Gasteiger partial charge in [-0.25, -0.2) is 0 Å². The maximum atomic E-state index is 12.5. The second-order valence-electron chi connectivity index (χ2n) is 4.51. The largest absolute Gasteiger partial charge is 0.329 e. The van der Waals surface area contributed by atoms with E-state index in [0.717, 1.165) is 23.9 Å². The molecule has 0 fully saturated rings. The van der Waals surface area contributed by atoms with Crippen molar-refractivity contribution in [2.24, 2.45) is 11.1 Å². The van der Waals surface area contributed by atoms with E-state index in [-0.39, 0.29) is 5.78 Å². The number of aromatic nitrogens is 2. The second kappa shape index (κ2) is 5.78. The SMILES string of the molecule is CCCn1ncc(Br)c1C(=O)C(C)(CC)CN. The minimum absolute atomic E-state index is 0.0697. The molecule has 1 unspecified atom stereocenters. The number of carbonyl (C=O) groups is 1. The van der Waals surface area contributed by atoms with E-state index in [0.29, 0.717) is 12.2 Å². The molecule has 0 bridgehead atoms. The second-order valence-corrected chi connectivity index (χ2v) is 5.37. The number of carbonyl (C=O) groups excluding carboxylic acids is 1. The number of hydrogen-bond donors (Lipinski definition) is 1. The van der Waals surface area contributed by atoms with Crippen LogP contribution in [0.3, 0.4) is 0 Å². The van der Waals surface area contributed by atoms with Gasteiger partial charge in [-0.1, -0.05) is 20.8 Å². The molecule has 2 N–H and O–H groups in total. The molecule has 0 aliphatic heterocycles. The van der Waals surface area contributed by atoms with Crippen LogP contribution in [0.1, 0.15) is 44.1 Å². The summed E-state index contributed by atoms with van der Waals surface area (Å²) >= 11 is 3.39. The number of halogens is 1. The van der Waals surface area contributed by atoms with E-state index in [1.807, 2.05) is 13.8 Å². The first-order chi connectivity index (χ1) is 8.00. The Morgan fingerprint density at radius 3 is 2.71 bits per heavy atom. The van der Waals surface area contributed by atoms with Crippen molar-refractivity contribution >= 4 is 21.7 Å². The van der Waals surface area contributed by atoms with Gasteiger partial charge in [0, 0.05) is 18.5 Å². The topological polar surface area (TPSA) is 60.9 Å². The lowest BCUT2D eigenvalue weighted by Gasteiger charge is -2.25. The first-order valence-corrected chi connectivity index (χ1v) is 6.75. The zero-order valence-electron chi connectivity index (χ0n) is 10.7. The molecule has 5 heteroatoms.